The second-order valence-corrected chi connectivity index (χ2v) is 6.12. The number of nitrogens with one attached hydrogen (secondary N) is 1. The fraction of sp³-hybridized carbons (Fsp3) is 0.211. The number of rotatable bonds is 4. The summed E-state index contributed by atoms with van der Waals surface area (Å²) in [5.41, 5.74) is 4.91. The molecule has 6 heteroatoms. The molecule has 0 radical (unpaired) electrons. The number of carbonyl (C=O) groups excluding carboxylic acids is 1. The second kappa shape index (κ2) is 6.86. The van der Waals surface area contributed by atoms with Crippen molar-refractivity contribution in [2.24, 2.45) is 0 Å². The van der Waals surface area contributed by atoms with E-state index < -0.39 is 0 Å². The molecule has 0 atom stereocenters. The van der Waals surface area contributed by atoms with E-state index in [1.807, 2.05) is 12.1 Å². The Balaban J connectivity index is 1.47. The molecule has 3 heterocycles. The van der Waals surface area contributed by atoms with Crippen LogP contribution in [-0.4, -0.2) is 27.5 Å². The largest absolute Gasteiger partial charge is 0.364 e. The fourth-order valence-corrected chi connectivity index (χ4v) is 3.08. The van der Waals surface area contributed by atoms with E-state index in [4.69, 9.17) is 4.52 Å². The van der Waals surface area contributed by atoms with E-state index >= 15 is 0 Å². The highest BCUT2D eigenvalue weighted by Crippen LogP contribution is 2.24. The highest BCUT2D eigenvalue weighted by atomic mass is 16.5. The van der Waals surface area contributed by atoms with Crippen molar-refractivity contribution in [2.45, 2.75) is 19.5 Å². The number of hydrogen-bond donors (Lipinski definition) is 1. The van der Waals surface area contributed by atoms with Crippen molar-refractivity contribution in [1.29, 1.82) is 0 Å². The molecule has 0 spiro atoms. The minimum absolute atomic E-state index is 0.127. The molecule has 0 saturated heterocycles. The van der Waals surface area contributed by atoms with Crippen molar-refractivity contribution < 1.29 is 9.32 Å². The smallest absolute Gasteiger partial charge is 0.255 e. The van der Waals surface area contributed by atoms with Crippen LogP contribution in [0, 0.1) is 0 Å². The van der Waals surface area contributed by atoms with Crippen LogP contribution in [-0.2, 0) is 19.5 Å². The molecule has 126 valence electrons. The topological polar surface area (TPSA) is 71.3 Å². The SMILES string of the molecule is O=C(Nc1ccc2c(c1)CN(Cc1ccon1)CC2)c1ccncc1. The van der Waals surface area contributed by atoms with Crippen molar-refractivity contribution in [3.8, 4) is 0 Å². The van der Waals surface area contributed by atoms with Gasteiger partial charge >= 0.3 is 0 Å². The first-order valence-corrected chi connectivity index (χ1v) is 8.23. The Morgan fingerprint density at radius 1 is 1.16 bits per heavy atom. The van der Waals surface area contributed by atoms with E-state index in [2.05, 4.69) is 32.5 Å². The van der Waals surface area contributed by atoms with Crippen LogP contribution in [0.25, 0.3) is 0 Å². The van der Waals surface area contributed by atoms with Crippen LogP contribution in [0.1, 0.15) is 27.2 Å². The van der Waals surface area contributed by atoms with Crippen molar-refractivity contribution in [3.05, 3.63) is 77.4 Å². The first kappa shape index (κ1) is 15.5. The van der Waals surface area contributed by atoms with Crippen LogP contribution in [0.2, 0.25) is 0 Å². The normalized spacial score (nSPS) is 14.1. The monoisotopic (exact) mass is 334 g/mol. The summed E-state index contributed by atoms with van der Waals surface area (Å²) in [6.45, 7) is 2.59. The molecular weight excluding hydrogens is 316 g/mol. The molecule has 0 fully saturated rings. The minimum atomic E-state index is -0.127. The summed E-state index contributed by atoms with van der Waals surface area (Å²) < 4.78 is 4.90. The number of nitrogens with zero attached hydrogens (tertiary/aromatic N) is 3. The van der Waals surface area contributed by atoms with Crippen LogP contribution in [0.5, 0.6) is 0 Å². The van der Waals surface area contributed by atoms with Crippen LogP contribution in [0.15, 0.2) is 59.6 Å². The van der Waals surface area contributed by atoms with Crippen LogP contribution in [0.4, 0.5) is 5.69 Å². The van der Waals surface area contributed by atoms with Gasteiger partial charge in [-0.3, -0.25) is 14.7 Å². The molecule has 1 aliphatic heterocycles. The maximum Gasteiger partial charge on any atom is 0.255 e. The van der Waals surface area contributed by atoms with Gasteiger partial charge in [0.25, 0.3) is 5.91 Å². The molecule has 4 rings (SSSR count). The van der Waals surface area contributed by atoms with Gasteiger partial charge in [-0.1, -0.05) is 11.2 Å². The van der Waals surface area contributed by atoms with E-state index in [1.165, 1.54) is 11.1 Å². The Bertz CT molecular complexity index is 862. The molecule has 6 nitrogen and oxygen atoms in total. The number of pyridine rings is 1. The molecule has 0 bridgehead atoms. The minimum Gasteiger partial charge on any atom is -0.364 e. The summed E-state index contributed by atoms with van der Waals surface area (Å²) in [4.78, 5) is 18.6. The molecule has 0 saturated carbocycles. The van der Waals surface area contributed by atoms with E-state index in [0.29, 0.717) is 5.56 Å². The van der Waals surface area contributed by atoms with Crippen molar-refractivity contribution in [2.75, 3.05) is 11.9 Å². The molecule has 0 aliphatic carbocycles. The quantitative estimate of drug-likeness (QED) is 0.794. The van der Waals surface area contributed by atoms with Gasteiger partial charge in [-0.05, 0) is 41.8 Å². The fourth-order valence-electron chi connectivity index (χ4n) is 3.08. The molecule has 2 aromatic heterocycles. The number of carbonyl (C=O) groups is 1. The number of benzene rings is 1. The zero-order valence-electron chi connectivity index (χ0n) is 13.7. The van der Waals surface area contributed by atoms with Gasteiger partial charge in [0.2, 0.25) is 0 Å². The lowest BCUT2D eigenvalue weighted by atomic mass is 9.99. The lowest BCUT2D eigenvalue weighted by Gasteiger charge is -2.28. The maximum absolute atomic E-state index is 12.3. The maximum atomic E-state index is 12.3. The number of aromatic nitrogens is 2. The average Bonchev–Trinajstić information content (AvgIpc) is 3.15. The van der Waals surface area contributed by atoms with Gasteiger partial charge in [0, 0.05) is 49.3 Å². The Morgan fingerprint density at radius 2 is 2.04 bits per heavy atom. The van der Waals surface area contributed by atoms with E-state index in [0.717, 1.165) is 37.4 Å². The van der Waals surface area contributed by atoms with Crippen LogP contribution in [0.3, 0.4) is 0 Å². The third kappa shape index (κ3) is 3.59. The van der Waals surface area contributed by atoms with Gasteiger partial charge in [0.15, 0.2) is 0 Å². The summed E-state index contributed by atoms with van der Waals surface area (Å²) in [6, 6.07) is 11.4. The zero-order valence-corrected chi connectivity index (χ0v) is 13.7. The first-order valence-electron chi connectivity index (χ1n) is 8.23. The number of hydrogen-bond acceptors (Lipinski definition) is 5. The van der Waals surface area contributed by atoms with Gasteiger partial charge in [-0.2, -0.15) is 0 Å². The molecule has 3 aromatic rings. The summed E-state index contributed by atoms with van der Waals surface area (Å²) in [5.74, 6) is -0.127. The molecule has 0 unspecified atom stereocenters. The molecule has 1 aliphatic rings. The van der Waals surface area contributed by atoms with E-state index in [1.54, 1.807) is 30.8 Å². The average molecular weight is 334 g/mol. The zero-order chi connectivity index (χ0) is 17.1. The lowest BCUT2D eigenvalue weighted by Crippen LogP contribution is -2.30. The highest BCUT2D eigenvalue weighted by Gasteiger charge is 2.18. The molecular formula is C19H18N4O2. The third-order valence-corrected chi connectivity index (χ3v) is 4.37. The third-order valence-electron chi connectivity index (χ3n) is 4.37. The van der Waals surface area contributed by atoms with Crippen molar-refractivity contribution >= 4 is 11.6 Å². The van der Waals surface area contributed by atoms with Gasteiger partial charge in [0.1, 0.15) is 6.26 Å². The van der Waals surface area contributed by atoms with Crippen molar-refractivity contribution in [3.63, 3.8) is 0 Å². The summed E-state index contributed by atoms with van der Waals surface area (Å²) in [7, 11) is 0. The Labute approximate surface area is 145 Å². The Kier molecular flexibility index (Phi) is 4.26. The van der Waals surface area contributed by atoms with E-state index in [9.17, 15) is 4.79 Å². The summed E-state index contributed by atoms with van der Waals surface area (Å²) >= 11 is 0. The molecule has 1 aromatic carbocycles. The van der Waals surface area contributed by atoms with Gasteiger partial charge < -0.3 is 9.84 Å². The second-order valence-electron chi connectivity index (χ2n) is 6.12. The molecule has 25 heavy (non-hydrogen) atoms. The van der Waals surface area contributed by atoms with Crippen LogP contribution < -0.4 is 5.32 Å². The number of fused-ring (bicyclic) bond motifs is 1. The molecule has 1 N–H and O–H groups in total. The standard InChI is InChI=1S/C19H18N4O2/c24-19(15-3-7-20-8-4-15)21-17-2-1-14-5-9-23(12-16(14)11-17)13-18-6-10-25-22-18/h1-4,6-8,10-11H,5,9,12-13H2,(H,21,24). The predicted molar refractivity (Wildman–Crippen MR) is 93.0 cm³/mol. The van der Waals surface area contributed by atoms with E-state index in [-0.39, 0.29) is 5.91 Å². The number of amides is 1. The lowest BCUT2D eigenvalue weighted by molar-refractivity contribution is 0.102. The Hall–Kier alpha value is -2.99. The number of anilines is 1. The van der Waals surface area contributed by atoms with Gasteiger partial charge in [-0.15, -0.1) is 0 Å². The Morgan fingerprint density at radius 3 is 2.84 bits per heavy atom. The van der Waals surface area contributed by atoms with Crippen LogP contribution >= 0.6 is 0 Å². The van der Waals surface area contributed by atoms with Gasteiger partial charge in [-0.25, -0.2) is 0 Å². The molecule has 1 amide bonds. The first-order chi connectivity index (χ1) is 12.3. The highest BCUT2D eigenvalue weighted by molar-refractivity contribution is 6.04. The van der Waals surface area contributed by atoms with Crippen molar-refractivity contribution in [1.82, 2.24) is 15.0 Å². The summed E-state index contributed by atoms with van der Waals surface area (Å²) in [5, 5.41) is 6.93. The van der Waals surface area contributed by atoms with Gasteiger partial charge in [0.05, 0.1) is 5.69 Å². The predicted octanol–water partition coefficient (Wildman–Crippen LogP) is 2.88. The summed E-state index contributed by atoms with van der Waals surface area (Å²) in [6.07, 6.45) is 5.82.